The third-order valence-corrected chi connectivity index (χ3v) is 7.16. The molecule has 1 N–H and O–H groups in total. The van der Waals surface area contributed by atoms with E-state index in [-0.39, 0.29) is 22.4 Å². The molecule has 1 atom stereocenters. The first-order chi connectivity index (χ1) is 14.4. The molecule has 2 aromatic rings. The lowest BCUT2D eigenvalue weighted by atomic mass is 9.98. The van der Waals surface area contributed by atoms with Gasteiger partial charge < -0.3 is 9.64 Å². The van der Waals surface area contributed by atoms with E-state index >= 15 is 0 Å². The van der Waals surface area contributed by atoms with E-state index in [0.29, 0.717) is 31.2 Å². The number of piperidine rings is 1. The number of ether oxygens (including phenoxy) is 1. The monoisotopic (exact) mass is 430 g/mol. The van der Waals surface area contributed by atoms with Crippen LogP contribution in [0.1, 0.15) is 55.1 Å². The van der Waals surface area contributed by atoms with Crippen LogP contribution in [0, 0.1) is 5.92 Å². The lowest BCUT2D eigenvalue weighted by molar-refractivity contribution is 0.0693. The molecule has 0 aliphatic carbocycles. The molecule has 0 bridgehead atoms. The van der Waals surface area contributed by atoms with Crippen molar-refractivity contribution >= 4 is 15.9 Å². The smallest absolute Gasteiger partial charge is 0.257 e. The summed E-state index contributed by atoms with van der Waals surface area (Å²) in [7, 11) is -2.33. The molecule has 0 saturated carbocycles. The Balaban J connectivity index is 1.88. The number of carbonyl (C=O) groups is 1. The summed E-state index contributed by atoms with van der Waals surface area (Å²) in [5, 5.41) is 0. The number of hydrogen-bond acceptors (Lipinski definition) is 4. The van der Waals surface area contributed by atoms with Crippen molar-refractivity contribution in [1.82, 2.24) is 9.62 Å². The highest BCUT2D eigenvalue weighted by atomic mass is 32.2. The standard InChI is InChI=1S/C23H30N2O4S/c1-4-21(18-8-6-5-7-9-18)24-30(27,28)19-10-11-22(29-3)20(16-19)23(26)25-14-12-17(2)13-15-25/h5-11,16-17,21,24H,4,12-15H2,1-3H3. The number of nitrogens with zero attached hydrogens (tertiary/aromatic N) is 1. The molecule has 0 spiro atoms. The van der Waals surface area contributed by atoms with Crippen LogP contribution in [-0.4, -0.2) is 39.4 Å². The Morgan fingerprint density at radius 2 is 1.83 bits per heavy atom. The van der Waals surface area contributed by atoms with Crippen molar-refractivity contribution in [2.45, 2.75) is 44.0 Å². The van der Waals surface area contributed by atoms with Gasteiger partial charge in [0.05, 0.1) is 17.6 Å². The highest BCUT2D eigenvalue weighted by molar-refractivity contribution is 7.89. The number of carbonyl (C=O) groups excluding carboxylic acids is 1. The van der Waals surface area contributed by atoms with Gasteiger partial charge in [0, 0.05) is 19.1 Å². The summed E-state index contributed by atoms with van der Waals surface area (Å²) in [6.45, 7) is 5.45. The van der Waals surface area contributed by atoms with Crippen LogP contribution in [0.2, 0.25) is 0 Å². The number of sulfonamides is 1. The highest BCUT2D eigenvalue weighted by Gasteiger charge is 2.27. The Morgan fingerprint density at radius 3 is 2.43 bits per heavy atom. The Labute approximate surface area is 179 Å². The van der Waals surface area contributed by atoms with Crippen molar-refractivity contribution in [3.8, 4) is 5.75 Å². The summed E-state index contributed by atoms with van der Waals surface area (Å²) in [4.78, 5) is 14.9. The molecular weight excluding hydrogens is 400 g/mol. The minimum absolute atomic E-state index is 0.0615. The minimum Gasteiger partial charge on any atom is -0.496 e. The van der Waals surface area contributed by atoms with E-state index in [0.717, 1.165) is 18.4 Å². The fourth-order valence-electron chi connectivity index (χ4n) is 3.73. The minimum atomic E-state index is -3.82. The van der Waals surface area contributed by atoms with Gasteiger partial charge in [0.2, 0.25) is 10.0 Å². The Bertz CT molecular complexity index is 968. The fourth-order valence-corrected chi connectivity index (χ4v) is 5.06. The topological polar surface area (TPSA) is 75.7 Å². The number of likely N-dealkylation sites (tertiary alicyclic amines) is 1. The van der Waals surface area contributed by atoms with Crippen LogP contribution in [0.15, 0.2) is 53.4 Å². The van der Waals surface area contributed by atoms with Gasteiger partial charge >= 0.3 is 0 Å². The third kappa shape index (κ3) is 5.02. The van der Waals surface area contributed by atoms with Gasteiger partial charge in [0.15, 0.2) is 0 Å². The highest BCUT2D eigenvalue weighted by Crippen LogP contribution is 2.27. The Hall–Kier alpha value is -2.38. The van der Waals surface area contributed by atoms with Crippen molar-refractivity contribution in [3.05, 3.63) is 59.7 Å². The summed E-state index contributed by atoms with van der Waals surface area (Å²) >= 11 is 0. The van der Waals surface area contributed by atoms with Crippen LogP contribution in [0.25, 0.3) is 0 Å². The van der Waals surface area contributed by atoms with Gasteiger partial charge in [-0.3, -0.25) is 4.79 Å². The first kappa shape index (κ1) is 22.3. The summed E-state index contributed by atoms with van der Waals surface area (Å²) in [5.74, 6) is 0.786. The molecule has 0 aromatic heterocycles. The second-order valence-electron chi connectivity index (χ2n) is 7.83. The zero-order chi connectivity index (χ0) is 21.7. The molecular formula is C23H30N2O4S. The molecule has 3 rings (SSSR count). The van der Waals surface area contributed by atoms with E-state index in [1.54, 1.807) is 11.0 Å². The largest absolute Gasteiger partial charge is 0.496 e. The quantitative estimate of drug-likeness (QED) is 0.720. The van der Waals surface area contributed by atoms with E-state index in [9.17, 15) is 13.2 Å². The number of amides is 1. The van der Waals surface area contributed by atoms with Gasteiger partial charge in [-0.2, -0.15) is 0 Å². The van der Waals surface area contributed by atoms with Crippen LogP contribution in [0.3, 0.4) is 0 Å². The van der Waals surface area contributed by atoms with Crippen molar-refractivity contribution in [1.29, 1.82) is 0 Å². The SMILES string of the molecule is CCC(NS(=O)(=O)c1ccc(OC)c(C(=O)N2CCC(C)CC2)c1)c1ccccc1. The molecule has 0 radical (unpaired) electrons. The predicted octanol–water partition coefficient (Wildman–Crippen LogP) is 4.00. The average Bonchev–Trinajstić information content (AvgIpc) is 2.77. The normalized spacial score (nSPS) is 16.3. The van der Waals surface area contributed by atoms with Crippen molar-refractivity contribution in [2.24, 2.45) is 5.92 Å². The predicted molar refractivity (Wildman–Crippen MR) is 117 cm³/mol. The number of nitrogens with one attached hydrogen (secondary N) is 1. The molecule has 1 unspecified atom stereocenters. The average molecular weight is 431 g/mol. The molecule has 1 saturated heterocycles. The summed E-state index contributed by atoms with van der Waals surface area (Å²) in [5.41, 5.74) is 1.18. The lowest BCUT2D eigenvalue weighted by Crippen LogP contribution is -2.38. The van der Waals surface area contributed by atoms with Gasteiger partial charge in [-0.05, 0) is 48.9 Å². The third-order valence-electron chi connectivity index (χ3n) is 5.69. The summed E-state index contributed by atoms with van der Waals surface area (Å²) in [6, 6.07) is 13.6. The van der Waals surface area contributed by atoms with E-state index in [1.165, 1.54) is 19.2 Å². The number of benzene rings is 2. The van der Waals surface area contributed by atoms with Gasteiger partial charge in [-0.15, -0.1) is 0 Å². The second-order valence-corrected chi connectivity index (χ2v) is 9.54. The zero-order valence-corrected chi connectivity index (χ0v) is 18.6. The van der Waals surface area contributed by atoms with E-state index in [4.69, 9.17) is 4.74 Å². The molecule has 6 nitrogen and oxygen atoms in total. The maximum Gasteiger partial charge on any atom is 0.257 e. The first-order valence-electron chi connectivity index (χ1n) is 10.4. The van der Waals surface area contributed by atoms with E-state index < -0.39 is 10.0 Å². The molecule has 162 valence electrons. The summed E-state index contributed by atoms with van der Waals surface area (Å²) in [6.07, 6.45) is 2.50. The van der Waals surface area contributed by atoms with Crippen LogP contribution in [0.5, 0.6) is 5.75 Å². The van der Waals surface area contributed by atoms with Gasteiger partial charge in [-0.1, -0.05) is 44.2 Å². The molecule has 2 aromatic carbocycles. The van der Waals surface area contributed by atoms with Crippen LogP contribution >= 0.6 is 0 Å². The first-order valence-corrected chi connectivity index (χ1v) is 11.9. The Morgan fingerprint density at radius 1 is 1.17 bits per heavy atom. The van der Waals surface area contributed by atoms with E-state index in [2.05, 4.69) is 11.6 Å². The number of hydrogen-bond donors (Lipinski definition) is 1. The molecule has 1 aliphatic rings. The molecule has 30 heavy (non-hydrogen) atoms. The number of methoxy groups -OCH3 is 1. The fraction of sp³-hybridized carbons (Fsp3) is 0.435. The molecule has 1 fully saturated rings. The molecule has 1 heterocycles. The van der Waals surface area contributed by atoms with Crippen molar-refractivity contribution in [2.75, 3.05) is 20.2 Å². The van der Waals surface area contributed by atoms with Gasteiger partial charge in [-0.25, -0.2) is 13.1 Å². The van der Waals surface area contributed by atoms with Crippen LogP contribution < -0.4 is 9.46 Å². The molecule has 1 aliphatic heterocycles. The Kier molecular flexibility index (Phi) is 7.15. The maximum absolute atomic E-state index is 13.1. The number of rotatable bonds is 7. The molecule has 1 amide bonds. The van der Waals surface area contributed by atoms with Crippen molar-refractivity contribution < 1.29 is 17.9 Å². The van der Waals surface area contributed by atoms with Gasteiger partial charge in [0.1, 0.15) is 5.75 Å². The zero-order valence-electron chi connectivity index (χ0n) is 17.8. The second kappa shape index (κ2) is 9.62. The maximum atomic E-state index is 13.1. The van der Waals surface area contributed by atoms with Crippen LogP contribution in [-0.2, 0) is 10.0 Å². The summed E-state index contributed by atoms with van der Waals surface area (Å²) < 4.78 is 34.3. The molecule has 7 heteroatoms. The van der Waals surface area contributed by atoms with Crippen LogP contribution in [0.4, 0.5) is 0 Å². The van der Waals surface area contributed by atoms with Gasteiger partial charge in [0.25, 0.3) is 5.91 Å². The lowest BCUT2D eigenvalue weighted by Gasteiger charge is -2.30. The van der Waals surface area contributed by atoms with E-state index in [1.807, 2.05) is 37.3 Å². The van der Waals surface area contributed by atoms with Crippen molar-refractivity contribution in [3.63, 3.8) is 0 Å².